The van der Waals surface area contributed by atoms with Crippen LogP contribution in [0.4, 0.5) is 0 Å². The molecular formula is C25H29IOSi2. The molecule has 0 spiro atoms. The van der Waals surface area contributed by atoms with Gasteiger partial charge in [-0.3, -0.25) is 0 Å². The van der Waals surface area contributed by atoms with Gasteiger partial charge in [0.15, 0.2) is 0 Å². The largest absolute Gasteiger partial charge is 0.384 e. The summed E-state index contributed by atoms with van der Waals surface area (Å²) in [6, 6.07) is 16.1. The SMILES string of the molecule is C[Si](C)(C)C#Cc1ccc(C#CCO)cc1.C[Si](C)(C)C#Cc1ccc(I)cc1. The van der Waals surface area contributed by atoms with Crippen molar-refractivity contribution < 1.29 is 5.11 Å². The predicted molar refractivity (Wildman–Crippen MR) is 140 cm³/mol. The lowest BCUT2D eigenvalue weighted by molar-refractivity contribution is 0.350. The van der Waals surface area contributed by atoms with E-state index in [2.05, 4.69) is 121 Å². The highest BCUT2D eigenvalue weighted by molar-refractivity contribution is 14.1. The molecule has 0 aliphatic rings. The predicted octanol–water partition coefficient (Wildman–Crippen LogP) is 5.78. The van der Waals surface area contributed by atoms with Crippen molar-refractivity contribution in [3.63, 3.8) is 0 Å². The van der Waals surface area contributed by atoms with Crippen molar-refractivity contribution in [1.29, 1.82) is 0 Å². The minimum Gasteiger partial charge on any atom is -0.384 e. The molecule has 0 heterocycles. The maximum atomic E-state index is 8.56. The van der Waals surface area contributed by atoms with Crippen LogP contribution in [0.2, 0.25) is 39.3 Å². The molecule has 2 aromatic carbocycles. The molecule has 150 valence electrons. The minimum absolute atomic E-state index is 0.100. The van der Waals surface area contributed by atoms with Gasteiger partial charge in [-0.2, -0.15) is 0 Å². The second-order valence-electron chi connectivity index (χ2n) is 8.54. The van der Waals surface area contributed by atoms with Crippen molar-refractivity contribution in [3.8, 4) is 34.8 Å². The monoisotopic (exact) mass is 528 g/mol. The van der Waals surface area contributed by atoms with Gasteiger partial charge in [0, 0.05) is 20.3 Å². The molecule has 0 atom stereocenters. The quantitative estimate of drug-likeness (QED) is 0.261. The van der Waals surface area contributed by atoms with E-state index >= 15 is 0 Å². The highest BCUT2D eigenvalue weighted by atomic mass is 127. The minimum atomic E-state index is -1.30. The maximum absolute atomic E-state index is 8.56. The second kappa shape index (κ2) is 12.1. The van der Waals surface area contributed by atoms with Crippen LogP contribution in [0.25, 0.3) is 0 Å². The van der Waals surface area contributed by atoms with E-state index in [1.807, 2.05) is 24.3 Å². The van der Waals surface area contributed by atoms with E-state index in [1.54, 1.807) is 0 Å². The number of rotatable bonds is 0. The van der Waals surface area contributed by atoms with Crippen molar-refractivity contribution in [2.45, 2.75) is 39.3 Å². The van der Waals surface area contributed by atoms with E-state index in [0.717, 1.165) is 16.7 Å². The number of aliphatic hydroxyl groups is 1. The summed E-state index contributed by atoms with van der Waals surface area (Å²) in [7, 11) is -2.51. The summed E-state index contributed by atoms with van der Waals surface area (Å²) in [6.07, 6.45) is 0. The summed E-state index contributed by atoms with van der Waals surface area (Å²) in [6.45, 7) is 13.3. The first-order valence-electron chi connectivity index (χ1n) is 9.50. The molecule has 0 aromatic heterocycles. The molecule has 29 heavy (non-hydrogen) atoms. The number of hydrogen-bond donors (Lipinski definition) is 1. The average molecular weight is 529 g/mol. The van der Waals surface area contributed by atoms with Crippen LogP contribution in [0.5, 0.6) is 0 Å². The van der Waals surface area contributed by atoms with E-state index in [4.69, 9.17) is 5.11 Å². The molecule has 0 radical (unpaired) electrons. The molecule has 0 bridgehead atoms. The molecule has 0 aliphatic heterocycles. The van der Waals surface area contributed by atoms with Crippen LogP contribution in [0.1, 0.15) is 16.7 Å². The first-order chi connectivity index (χ1) is 13.5. The third-order valence-corrected chi connectivity index (χ3v) is 5.67. The standard InChI is InChI=1S/C14H16OSi.C11H13ISi/c1-16(2,3)12-10-14-8-6-13(7-9-14)5-4-11-15;1-13(2,3)9-8-10-4-6-11(12)7-5-10/h6-9,15H,11H2,1-3H3;4-7H,1-3H3. The highest BCUT2D eigenvalue weighted by Gasteiger charge is 2.07. The van der Waals surface area contributed by atoms with Crippen LogP contribution in [-0.4, -0.2) is 27.9 Å². The molecule has 0 aliphatic carbocycles. The summed E-state index contributed by atoms with van der Waals surface area (Å²) in [5.41, 5.74) is 9.72. The van der Waals surface area contributed by atoms with Crippen LogP contribution in [0.3, 0.4) is 0 Å². The third-order valence-electron chi connectivity index (χ3n) is 3.20. The smallest absolute Gasteiger partial charge is 0.129 e. The normalized spacial score (nSPS) is 10.1. The van der Waals surface area contributed by atoms with E-state index in [-0.39, 0.29) is 6.61 Å². The Morgan fingerprint density at radius 3 is 1.34 bits per heavy atom. The van der Waals surface area contributed by atoms with Crippen LogP contribution < -0.4 is 0 Å². The molecule has 0 fully saturated rings. The Morgan fingerprint density at radius 1 is 0.655 bits per heavy atom. The second-order valence-corrected chi connectivity index (χ2v) is 19.3. The number of aliphatic hydroxyl groups excluding tert-OH is 1. The zero-order chi connectivity index (χ0) is 21.9. The fourth-order valence-electron chi connectivity index (χ4n) is 1.83. The lowest BCUT2D eigenvalue weighted by Gasteiger charge is -2.03. The molecule has 0 saturated carbocycles. The van der Waals surface area contributed by atoms with Gasteiger partial charge >= 0.3 is 0 Å². The molecule has 0 unspecified atom stereocenters. The van der Waals surface area contributed by atoms with Gasteiger partial charge in [0.1, 0.15) is 22.8 Å². The molecule has 2 aromatic rings. The van der Waals surface area contributed by atoms with Crippen LogP contribution >= 0.6 is 22.6 Å². The number of hydrogen-bond acceptors (Lipinski definition) is 1. The van der Waals surface area contributed by atoms with Gasteiger partial charge < -0.3 is 5.11 Å². The van der Waals surface area contributed by atoms with E-state index in [1.165, 1.54) is 3.57 Å². The molecule has 4 heteroatoms. The highest BCUT2D eigenvalue weighted by Crippen LogP contribution is 2.06. The molecule has 0 saturated heterocycles. The Balaban J connectivity index is 0.000000296. The maximum Gasteiger partial charge on any atom is 0.129 e. The lowest BCUT2D eigenvalue weighted by Crippen LogP contribution is -2.16. The Labute approximate surface area is 192 Å². The summed E-state index contributed by atoms with van der Waals surface area (Å²) >= 11 is 2.30. The first-order valence-corrected chi connectivity index (χ1v) is 17.6. The van der Waals surface area contributed by atoms with Gasteiger partial charge in [-0.05, 0) is 71.1 Å². The number of halogens is 1. The van der Waals surface area contributed by atoms with E-state index < -0.39 is 16.1 Å². The lowest BCUT2D eigenvalue weighted by atomic mass is 10.1. The van der Waals surface area contributed by atoms with Crippen LogP contribution in [0.15, 0.2) is 48.5 Å². The van der Waals surface area contributed by atoms with Crippen molar-refractivity contribution in [2.75, 3.05) is 6.61 Å². The van der Waals surface area contributed by atoms with Crippen molar-refractivity contribution in [2.24, 2.45) is 0 Å². The Morgan fingerprint density at radius 2 is 1.00 bits per heavy atom. The Kier molecular flexibility index (Phi) is 10.5. The average Bonchev–Trinajstić information content (AvgIpc) is 2.64. The van der Waals surface area contributed by atoms with E-state index in [0.29, 0.717) is 0 Å². The van der Waals surface area contributed by atoms with Gasteiger partial charge in [0.25, 0.3) is 0 Å². The van der Waals surface area contributed by atoms with Gasteiger partial charge in [-0.1, -0.05) is 63.0 Å². The number of benzene rings is 2. The summed E-state index contributed by atoms with van der Waals surface area (Å²) in [4.78, 5) is 0. The van der Waals surface area contributed by atoms with Gasteiger partial charge in [0.05, 0.1) is 0 Å². The molecule has 1 N–H and O–H groups in total. The van der Waals surface area contributed by atoms with E-state index in [9.17, 15) is 0 Å². The fraction of sp³-hybridized carbons (Fsp3) is 0.280. The van der Waals surface area contributed by atoms with Crippen molar-refractivity contribution in [3.05, 3.63) is 68.8 Å². The summed E-state index contributed by atoms with van der Waals surface area (Å²) in [5.74, 6) is 11.9. The fourth-order valence-corrected chi connectivity index (χ4v) is 3.23. The van der Waals surface area contributed by atoms with Gasteiger partial charge in [-0.15, -0.1) is 11.1 Å². The molecule has 2 rings (SSSR count). The van der Waals surface area contributed by atoms with Crippen LogP contribution in [0, 0.1) is 38.3 Å². The molecule has 0 amide bonds. The molecular weight excluding hydrogens is 499 g/mol. The first kappa shape index (κ1) is 25.3. The summed E-state index contributed by atoms with van der Waals surface area (Å²) < 4.78 is 1.26. The van der Waals surface area contributed by atoms with Crippen molar-refractivity contribution in [1.82, 2.24) is 0 Å². The van der Waals surface area contributed by atoms with Crippen LogP contribution in [-0.2, 0) is 0 Å². The zero-order valence-corrected chi connectivity index (χ0v) is 22.3. The Bertz CT molecular complexity index is 960. The molecule has 1 nitrogen and oxygen atoms in total. The topological polar surface area (TPSA) is 20.2 Å². The van der Waals surface area contributed by atoms with Gasteiger partial charge in [-0.25, -0.2) is 0 Å². The van der Waals surface area contributed by atoms with Gasteiger partial charge in [0.2, 0.25) is 0 Å². The van der Waals surface area contributed by atoms with Crippen molar-refractivity contribution >= 4 is 38.7 Å². The Hall–Kier alpha value is -1.76. The summed E-state index contributed by atoms with van der Waals surface area (Å²) in [5, 5.41) is 8.56. The zero-order valence-electron chi connectivity index (χ0n) is 18.2. The third kappa shape index (κ3) is 13.2.